The molecule has 3 heteroatoms. The van der Waals surface area contributed by atoms with Gasteiger partial charge in [-0.05, 0) is 75.6 Å². The Morgan fingerprint density at radius 2 is 2.11 bits per heavy atom. The topological polar surface area (TPSA) is 36.2 Å². The number of halogens is 1. The van der Waals surface area contributed by atoms with Crippen molar-refractivity contribution in [2.75, 3.05) is 0 Å². The van der Waals surface area contributed by atoms with Crippen molar-refractivity contribution in [3.63, 3.8) is 0 Å². The number of fused-ring (bicyclic) bond motifs is 3. The van der Waals surface area contributed by atoms with E-state index in [0.717, 1.165) is 24.1 Å². The van der Waals surface area contributed by atoms with E-state index < -0.39 is 0 Å². The van der Waals surface area contributed by atoms with Gasteiger partial charge in [0.15, 0.2) is 4.74 Å². The third-order valence-corrected chi connectivity index (χ3v) is 7.11. The molecule has 3 aliphatic carbocycles. The number of hydrogen-bond acceptors (Lipinski definition) is 1. The smallest absolute Gasteiger partial charge is 0.189 e. The molecule has 0 spiro atoms. The molecule has 0 bridgehead atoms. The Bertz CT molecular complexity index is 916. The molecule has 0 aromatic heterocycles. The van der Waals surface area contributed by atoms with Crippen LogP contribution in [0.15, 0.2) is 53.6 Å². The van der Waals surface area contributed by atoms with Crippen LogP contribution in [0, 0.1) is 17.2 Å². The summed E-state index contributed by atoms with van der Waals surface area (Å²) in [6, 6.07) is 7.01. The monoisotopic (exact) mass is 436 g/mol. The number of nitrogens with one attached hydrogen (secondary N) is 1. The van der Waals surface area contributed by atoms with E-state index in [1.165, 1.54) is 29.5 Å². The molecule has 3 aliphatic rings. The summed E-state index contributed by atoms with van der Waals surface area (Å²) in [6.45, 7) is 7.03. The average molecular weight is 437 g/mol. The minimum absolute atomic E-state index is 0.197. The van der Waals surface area contributed by atoms with E-state index in [-0.39, 0.29) is 10.2 Å². The molecule has 0 saturated heterocycles. The summed E-state index contributed by atoms with van der Waals surface area (Å²) in [5.74, 6) is 1.69. The maximum atomic E-state index is 7.85. The molecular formula is C25H29BrN2. The molecule has 1 aromatic rings. The highest BCUT2D eigenvalue weighted by molar-refractivity contribution is 9.18. The Labute approximate surface area is 177 Å². The first-order chi connectivity index (χ1) is 13.4. The molecule has 0 heterocycles. The van der Waals surface area contributed by atoms with Gasteiger partial charge in [0.25, 0.3) is 0 Å². The number of amidine groups is 1. The highest BCUT2D eigenvalue weighted by atomic mass is 79.9. The lowest BCUT2D eigenvalue weighted by molar-refractivity contribution is 0.301. The van der Waals surface area contributed by atoms with Gasteiger partial charge in [-0.1, -0.05) is 69.4 Å². The Hall–Kier alpha value is -1.74. The van der Waals surface area contributed by atoms with E-state index in [1.807, 2.05) is 0 Å². The summed E-state index contributed by atoms with van der Waals surface area (Å²) in [5.41, 5.74) is 6.59. The van der Waals surface area contributed by atoms with E-state index >= 15 is 0 Å². The van der Waals surface area contributed by atoms with Crippen LogP contribution < -0.4 is 0 Å². The first kappa shape index (κ1) is 19.6. The fourth-order valence-electron chi connectivity index (χ4n) is 5.35. The van der Waals surface area contributed by atoms with Crippen molar-refractivity contribution in [1.29, 1.82) is 5.41 Å². The van der Waals surface area contributed by atoms with Crippen LogP contribution in [-0.4, -0.2) is 10.5 Å². The van der Waals surface area contributed by atoms with E-state index in [4.69, 9.17) is 5.41 Å². The van der Waals surface area contributed by atoms with Crippen LogP contribution in [0.5, 0.6) is 0 Å². The van der Waals surface area contributed by atoms with Crippen LogP contribution in [0.1, 0.15) is 69.1 Å². The van der Waals surface area contributed by atoms with E-state index in [1.54, 1.807) is 0 Å². The molecule has 0 fully saturated rings. The van der Waals surface area contributed by atoms with Crippen LogP contribution in [0.4, 0.5) is 0 Å². The van der Waals surface area contributed by atoms with Gasteiger partial charge in [-0.15, -0.1) is 0 Å². The second-order valence-electron chi connectivity index (χ2n) is 8.85. The van der Waals surface area contributed by atoms with Crippen molar-refractivity contribution in [2.24, 2.45) is 16.8 Å². The number of aliphatic imine (C=N–C) groups is 1. The zero-order valence-corrected chi connectivity index (χ0v) is 18.6. The lowest BCUT2D eigenvalue weighted by Gasteiger charge is -2.32. The molecule has 0 aliphatic heterocycles. The zero-order chi connectivity index (χ0) is 19.9. The van der Waals surface area contributed by atoms with Crippen molar-refractivity contribution < 1.29 is 0 Å². The fourth-order valence-corrected chi connectivity index (χ4v) is 5.57. The molecule has 0 radical (unpaired) electrons. The SMILES string of the molecule is CCC1C=CC=C(c2ccc3c(c2)C2C=CCCC2C3(C)C)C(=NC(=N)Br)C1. The molecule has 146 valence electrons. The average Bonchev–Trinajstić information content (AvgIpc) is 2.80. The van der Waals surface area contributed by atoms with Crippen LogP contribution in [-0.2, 0) is 5.41 Å². The Balaban J connectivity index is 1.79. The standard InChI is InChI=1S/C25H29BrN2/c1-4-16-8-7-10-18(23(14-16)28-24(26)27)17-12-13-22-20(15-17)19-9-5-6-11-21(19)25(22,2)3/h5,7-10,12-13,15-16,19,21,27H,4,6,11,14H2,1-3H3. The summed E-state index contributed by atoms with van der Waals surface area (Å²) in [7, 11) is 0. The molecule has 4 rings (SSSR count). The molecule has 2 nitrogen and oxygen atoms in total. The predicted molar refractivity (Wildman–Crippen MR) is 124 cm³/mol. The summed E-state index contributed by atoms with van der Waals surface area (Å²) in [6.07, 6.45) is 15.8. The predicted octanol–water partition coefficient (Wildman–Crippen LogP) is 7.17. The van der Waals surface area contributed by atoms with Gasteiger partial charge in [-0.25, -0.2) is 4.99 Å². The van der Waals surface area contributed by atoms with Crippen LogP contribution in [0.3, 0.4) is 0 Å². The van der Waals surface area contributed by atoms with Crippen molar-refractivity contribution in [2.45, 2.75) is 57.8 Å². The Kier molecular flexibility index (Phi) is 5.30. The molecule has 3 unspecified atom stereocenters. The number of rotatable bonds is 2. The van der Waals surface area contributed by atoms with Gasteiger partial charge in [-0.2, -0.15) is 0 Å². The maximum Gasteiger partial charge on any atom is 0.189 e. The molecule has 28 heavy (non-hydrogen) atoms. The van der Waals surface area contributed by atoms with Crippen LogP contribution in [0.2, 0.25) is 0 Å². The van der Waals surface area contributed by atoms with Crippen LogP contribution >= 0.6 is 15.9 Å². The quantitative estimate of drug-likeness (QED) is 0.220. The van der Waals surface area contributed by atoms with E-state index in [2.05, 4.69) is 90.3 Å². The largest absolute Gasteiger partial charge is 0.277 e. The highest BCUT2D eigenvalue weighted by Gasteiger charge is 2.45. The minimum atomic E-state index is 0.197. The van der Waals surface area contributed by atoms with Gasteiger partial charge in [0.2, 0.25) is 0 Å². The third-order valence-electron chi connectivity index (χ3n) is 6.93. The lowest BCUT2D eigenvalue weighted by Crippen LogP contribution is -2.26. The van der Waals surface area contributed by atoms with Crippen LogP contribution in [0.25, 0.3) is 5.57 Å². The number of hydrogen-bond donors (Lipinski definition) is 1. The maximum absolute atomic E-state index is 7.85. The second-order valence-corrected chi connectivity index (χ2v) is 9.60. The summed E-state index contributed by atoms with van der Waals surface area (Å²) in [4.78, 5) is 4.55. The number of allylic oxidation sites excluding steroid dienone is 6. The normalized spacial score (nSPS) is 29.2. The van der Waals surface area contributed by atoms with Gasteiger partial charge in [0.05, 0.1) is 5.71 Å². The van der Waals surface area contributed by atoms with E-state index in [9.17, 15) is 0 Å². The van der Waals surface area contributed by atoms with Gasteiger partial charge in [0, 0.05) is 11.5 Å². The first-order valence-corrected chi connectivity index (χ1v) is 11.2. The van der Waals surface area contributed by atoms with Crippen molar-refractivity contribution >= 4 is 32.0 Å². The highest BCUT2D eigenvalue weighted by Crippen LogP contribution is 2.54. The molecule has 1 N–H and O–H groups in total. The summed E-state index contributed by atoms with van der Waals surface area (Å²) >= 11 is 3.23. The van der Waals surface area contributed by atoms with Crippen molar-refractivity contribution in [1.82, 2.24) is 0 Å². The molecule has 3 atom stereocenters. The zero-order valence-electron chi connectivity index (χ0n) is 17.0. The van der Waals surface area contributed by atoms with Gasteiger partial charge >= 0.3 is 0 Å². The second kappa shape index (κ2) is 7.59. The van der Waals surface area contributed by atoms with Gasteiger partial charge in [0.1, 0.15) is 0 Å². The Morgan fingerprint density at radius 1 is 1.29 bits per heavy atom. The minimum Gasteiger partial charge on any atom is -0.277 e. The molecule has 1 aromatic carbocycles. The van der Waals surface area contributed by atoms with E-state index in [0.29, 0.717) is 17.8 Å². The number of nitrogens with zero attached hydrogens (tertiary/aromatic N) is 1. The first-order valence-electron chi connectivity index (χ1n) is 10.4. The third kappa shape index (κ3) is 3.39. The Morgan fingerprint density at radius 3 is 2.86 bits per heavy atom. The summed E-state index contributed by atoms with van der Waals surface area (Å²) < 4.78 is 0.197. The lowest BCUT2D eigenvalue weighted by atomic mass is 9.72. The fraction of sp³-hybridized carbons (Fsp3) is 0.440. The van der Waals surface area contributed by atoms with Gasteiger partial charge in [-0.3, -0.25) is 5.41 Å². The van der Waals surface area contributed by atoms with Gasteiger partial charge < -0.3 is 0 Å². The molecule has 0 saturated carbocycles. The van der Waals surface area contributed by atoms with Crippen molar-refractivity contribution in [3.05, 3.63) is 65.3 Å². The summed E-state index contributed by atoms with van der Waals surface area (Å²) in [5, 5.41) is 7.85. The van der Waals surface area contributed by atoms with Crippen molar-refractivity contribution in [3.8, 4) is 0 Å². The number of benzene rings is 1. The molecule has 0 amide bonds. The molecular weight excluding hydrogens is 408 g/mol.